The molecule has 0 fully saturated rings. The zero-order valence-corrected chi connectivity index (χ0v) is 9.59. The van der Waals surface area contributed by atoms with E-state index in [4.69, 9.17) is 16.9 Å². The van der Waals surface area contributed by atoms with Crippen LogP contribution in [0.4, 0.5) is 0 Å². The Morgan fingerprint density at radius 2 is 2.21 bits per heavy atom. The highest BCUT2D eigenvalue weighted by Gasteiger charge is 2.06. The van der Waals surface area contributed by atoms with Crippen LogP contribution in [0.2, 0.25) is 5.02 Å². The highest BCUT2D eigenvalue weighted by molar-refractivity contribution is 7.83. The first-order valence-electron chi connectivity index (χ1n) is 3.98. The number of halogens is 1. The molecule has 4 heteroatoms. The zero-order chi connectivity index (χ0) is 10.1. The fourth-order valence-electron chi connectivity index (χ4n) is 1.39. The Kier molecular flexibility index (Phi) is 2.69. The molecule has 0 saturated heterocycles. The largest absolute Gasteiger partial charge is 0.198 e. The van der Waals surface area contributed by atoms with Gasteiger partial charge in [0.15, 0.2) is 0 Å². The highest BCUT2D eigenvalue weighted by Crippen LogP contribution is 2.33. The van der Waals surface area contributed by atoms with Gasteiger partial charge in [-0.25, -0.2) is 0 Å². The van der Waals surface area contributed by atoms with Crippen molar-refractivity contribution in [1.29, 1.82) is 5.26 Å². The maximum absolute atomic E-state index is 8.67. The Bertz CT molecular complexity index is 525. The van der Waals surface area contributed by atoms with Crippen LogP contribution in [-0.2, 0) is 6.42 Å². The first-order chi connectivity index (χ1) is 6.70. The van der Waals surface area contributed by atoms with E-state index in [0.29, 0.717) is 11.4 Å². The van der Waals surface area contributed by atoms with Crippen molar-refractivity contribution in [2.24, 2.45) is 0 Å². The van der Waals surface area contributed by atoms with Gasteiger partial charge in [0.05, 0.1) is 16.7 Å². The van der Waals surface area contributed by atoms with Crippen LogP contribution in [-0.4, -0.2) is 0 Å². The third-order valence-corrected chi connectivity index (χ3v) is 3.56. The van der Waals surface area contributed by atoms with Crippen LogP contribution in [0, 0.1) is 11.3 Å². The Hall–Kier alpha value is -0.690. The van der Waals surface area contributed by atoms with Gasteiger partial charge in [-0.15, -0.1) is 24.0 Å². The fraction of sp³-hybridized carbons (Fsp3) is 0.100. The summed E-state index contributed by atoms with van der Waals surface area (Å²) in [6.07, 6.45) is 0.394. The van der Waals surface area contributed by atoms with Gasteiger partial charge in [0.2, 0.25) is 0 Å². The molecule has 1 nitrogen and oxygen atoms in total. The molecule has 0 aliphatic rings. The molecule has 0 aliphatic carbocycles. The topological polar surface area (TPSA) is 23.8 Å². The summed E-state index contributed by atoms with van der Waals surface area (Å²) in [5, 5.41) is 10.4. The fourth-order valence-corrected chi connectivity index (χ4v) is 2.94. The summed E-state index contributed by atoms with van der Waals surface area (Å²) in [5.74, 6) is 0. The molecule has 70 valence electrons. The van der Waals surface area contributed by atoms with Gasteiger partial charge >= 0.3 is 0 Å². The van der Waals surface area contributed by atoms with Gasteiger partial charge in [0.1, 0.15) is 0 Å². The average molecular weight is 240 g/mol. The third-order valence-electron chi connectivity index (χ3n) is 1.91. The van der Waals surface area contributed by atoms with E-state index in [1.807, 2.05) is 18.2 Å². The summed E-state index contributed by atoms with van der Waals surface area (Å²) in [4.78, 5) is 0. The van der Waals surface area contributed by atoms with Crippen LogP contribution in [0.1, 0.15) is 5.56 Å². The predicted octanol–water partition coefficient (Wildman–Crippen LogP) is 3.91. The summed E-state index contributed by atoms with van der Waals surface area (Å²) in [6, 6.07) is 7.84. The first-order valence-corrected chi connectivity index (χ1v) is 5.63. The lowest BCUT2D eigenvalue weighted by molar-refractivity contribution is 1.29. The van der Waals surface area contributed by atoms with Crippen molar-refractivity contribution >= 4 is 45.7 Å². The molecule has 0 N–H and O–H groups in total. The van der Waals surface area contributed by atoms with Crippen molar-refractivity contribution in [3.63, 3.8) is 0 Å². The lowest BCUT2D eigenvalue weighted by Gasteiger charge is -1.98. The number of benzene rings is 1. The standard InChI is InChI=1S/C10H6ClNS2/c11-8-3-6(1-2-12)10-7(4-8)5-9(13)14-10/h3-5,13H,1H2. The molecule has 14 heavy (non-hydrogen) atoms. The number of thiol groups is 1. The minimum atomic E-state index is 0.394. The second-order valence-corrected chi connectivity index (χ2v) is 5.18. The van der Waals surface area contributed by atoms with Gasteiger partial charge < -0.3 is 0 Å². The summed E-state index contributed by atoms with van der Waals surface area (Å²) in [6.45, 7) is 0. The number of nitriles is 1. The lowest BCUT2D eigenvalue weighted by Crippen LogP contribution is -1.81. The molecular formula is C10H6ClNS2. The number of rotatable bonds is 1. The van der Waals surface area contributed by atoms with E-state index in [1.165, 1.54) is 0 Å². The van der Waals surface area contributed by atoms with Crippen molar-refractivity contribution in [3.05, 3.63) is 28.8 Å². The van der Waals surface area contributed by atoms with Crippen LogP contribution in [0.25, 0.3) is 10.1 Å². The number of hydrogen-bond acceptors (Lipinski definition) is 3. The summed E-state index contributed by atoms with van der Waals surface area (Å²) in [7, 11) is 0. The molecular weight excluding hydrogens is 234 g/mol. The predicted molar refractivity (Wildman–Crippen MR) is 63.4 cm³/mol. The SMILES string of the molecule is N#CCc1cc(Cl)cc2cc(S)sc12. The van der Waals surface area contributed by atoms with Crippen molar-refractivity contribution in [2.75, 3.05) is 0 Å². The zero-order valence-electron chi connectivity index (χ0n) is 7.12. The van der Waals surface area contributed by atoms with Gasteiger partial charge in [0, 0.05) is 9.72 Å². The molecule has 0 radical (unpaired) electrons. The monoisotopic (exact) mass is 239 g/mol. The Morgan fingerprint density at radius 3 is 2.93 bits per heavy atom. The van der Waals surface area contributed by atoms with E-state index in [0.717, 1.165) is 19.9 Å². The van der Waals surface area contributed by atoms with Gasteiger partial charge in [-0.1, -0.05) is 11.6 Å². The molecule has 0 bridgehead atoms. The highest BCUT2D eigenvalue weighted by atomic mass is 35.5. The molecule has 0 aliphatic heterocycles. The van der Waals surface area contributed by atoms with Crippen LogP contribution in [0.3, 0.4) is 0 Å². The van der Waals surface area contributed by atoms with E-state index < -0.39 is 0 Å². The number of fused-ring (bicyclic) bond motifs is 1. The lowest BCUT2D eigenvalue weighted by atomic mass is 10.1. The van der Waals surface area contributed by atoms with Crippen LogP contribution < -0.4 is 0 Å². The molecule has 2 rings (SSSR count). The Labute approximate surface area is 96.3 Å². The molecule has 1 heterocycles. The molecule has 1 aromatic carbocycles. The van der Waals surface area contributed by atoms with Crippen molar-refractivity contribution < 1.29 is 0 Å². The number of hydrogen-bond donors (Lipinski definition) is 1. The summed E-state index contributed by atoms with van der Waals surface area (Å²) >= 11 is 11.8. The summed E-state index contributed by atoms with van der Waals surface area (Å²) < 4.78 is 2.06. The second kappa shape index (κ2) is 3.82. The third kappa shape index (κ3) is 1.74. The van der Waals surface area contributed by atoms with Crippen molar-refractivity contribution in [1.82, 2.24) is 0 Å². The molecule has 0 atom stereocenters. The minimum Gasteiger partial charge on any atom is -0.198 e. The molecule has 1 aromatic heterocycles. The van der Waals surface area contributed by atoms with E-state index in [-0.39, 0.29) is 0 Å². The van der Waals surface area contributed by atoms with Crippen LogP contribution >= 0.6 is 35.6 Å². The number of thiophene rings is 1. The molecule has 0 unspecified atom stereocenters. The maximum atomic E-state index is 8.67. The van der Waals surface area contributed by atoms with Crippen molar-refractivity contribution in [3.8, 4) is 6.07 Å². The first kappa shape index (κ1) is 9.85. The Morgan fingerprint density at radius 1 is 1.43 bits per heavy atom. The van der Waals surface area contributed by atoms with E-state index in [1.54, 1.807) is 11.3 Å². The molecule has 0 amide bonds. The quantitative estimate of drug-likeness (QED) is 0.750. The van der Waals surface area contributed by atoms with Crippen LogP contribution in [0.15, 0.2) is 22.4 Å². The minimum absolute atomic E-state index is 0.394. The van der Waals surface area contributed by atoms with Gasteiger partial charge in [-0.05, 0) is 29.1 Å². The maximum Gasteiger partial charge on any atom is 0.0670 e. The molecule has 0 saturated carbocycles. The summed E-state index contributed by atoms with van der Waals surface area (Å²) in [5.41, 5.74) is 0.986. The van der Waals surface area contributed by atoms with E-state index >= 15 is 0 Å². The van der Waals surface area contributed by atoms with E-state index in [9.17, 15) is 0 Å². The second-order valence-electron chi connectivity index (χ2n) is 2.90. The molecule has 0 spiro atoms. The average Bonchev–Trinajstić information content (AvgIpc) is 2.45. The van der Waals surface area contributed by atoms with Gasteiger partial charge in [0.25, 0.3) is 0 Å². The number of nitrogens with zero attached hydrogens (tertiary/aromatic N) is 1. The van der Waals surface area contributed by atoms with Crippen molar-refractivity contribution in [2.45, 2.75) is 10.6 Å². The van der Waals surface area contributed by atoms with Gasteiger partial charge in [-0.2, -0.15) is 5.26 Å². The van der Waals surface area contributed by atoms with E-state index in [2.05, 4.69) is 18.7 Å². The Balaban J connectivity index is 2.74. The molecule has 2 aromatic rings. The van der Waals surface area contributed by atoms with Crippen LogP contribution in [0.5, 0.6) is 0 Å². The van der Waals surface area contributed by atoms with Gasteiger partial charge in [-0.3, -0.25) is 0 Å². The normalized spacial score (nSPS) is 10.4. The smallest absolute Gasteiger partial charge is 0.0670 e.